The number of amides is 2. The Bertz CT molecular complexity index is 625. The van der Waals surface area contributed by atoms with Crippen LogP contribution in [0.15, 0.2) is 28.7 Å². The summed E-state index contributed by atoms with van der Waals surface area (Å²) >= 11 is 3.26. The molecule has 6 nitrogen and oxygen atoms in total. The zero-order valence-electron chi connectivity index (χ0n) is 15.7. The number of rotatable bonds is 8. The molecule has 0 fully saturated rings. The number of halogens is 1. The van der Waals surface area contributed by atoms with Crippen molar-refractivity contribution in [1.29, 1.82) is 0 Å². The van der Waals surface area contributed by atoms with Crippen molar-refractivity contribution in [1.82, 2.24) is 10.9 Å². The maximum absolute atomic E-state index is 12.0. The minimum Gasteiger partial charge on any atom is -0.550 e. The van der Waals surface area contributed by atoms with Crippen molar-refractivity contribution in [2.75, 3.05) is 0 Å². The van der Waals surface area contributed by atoms with Gasteiger partial charge in [0, 0.05) is 22.8 Å². The van der Waals surface area contributed by atoms with Gasteiger partial charge in [0.25, 0.3) is 5.91 Å². The Balaban J connectivity index is 0.00000625. The fourth-order valence-electron chi connectivity index (χ4n) is 2.47. The summed E-state index contributed by atoms with van der Waals surface area (Å²) in [6.45, 7) is 5.73. The second-order valence-electron chi connectivity index (χ2n) is 6.56. The largest absolute Gasteiger partial charge is 1.00 e. The van der Waals surface area contributed by atoms with Crippen molar-refractivity contribution in [3.05, 3.63) is 34.3 Å². The fourth-order valence-corrected chi connectivity index (χ4v) is 2.94. The van der Waals surface area contributed by atoms with Gasteiger partial charge in [-0.25, -0.2) is 0 Å². The average Bonchev–Trinajstić information content (AvgIpc) is 2.52. The summed E-state index contributed by atoms with van der Waals surface area (Å²) < 4.78 is 0.612. The average molecular weight is 435 g/mol. The summed E-state index contributed by atoms with van der Waals surface area (Å²) in [6.07, 6.45) is 1.22. The molecule has 0 bridgehead atoms. The molecule has 1 rings (SSSR count). The van der Waals surface area contributed by atoms with Gasteiger partial charge in [-0.15, -0.1) is 0 Å². The van der Waals surface area contributed by atoms with Gasteiger partial charge in [0.05, 0.1) is 5.56 Å². The molecule has 0 saturated carbocycles. The monoisotopic (exact) mass is 434 g/mol. The molecule has 2 atom stereocenters. The number of nitrogens with one attached hydrogen (secondary N) is 2. The standard InChI is InChI=1S/C18H25BrN2O4.Na/c1-11(2)8-9-13(18(24)25)12(3)10-16(22)20-21-17(23)14-6-4-5-7-15(14)19;/h4-7,11-13H,8-10H2,1-3H3,(H,20,22)(H,21,23)(H,24,25);/q;+1/p-1. The molecule has 0 aliphatic rings. The van der Waals surface area contributed by atoms with E-state index < -0.39 is 23.7 Å². The summed E-state index contributed by atoms with van der Waals surface area (Å²) in [6, 6.07) is 6.82. The SMILES string of the molecule is CC(C)CCC(C(=O)[O-])C(C)CC(=O)NNC(=O)c1ccccc1Br.[Na+]. The molecule has 1 aromatic rings. The first-order chi connectivity index (χ1) is 11.7. The summed E-state index contributed by atoms with van der Waals surface area (Å²) in [5.41, 5.74) is 5.05. The second-order valence-corrected chi connectivity index (χ2v) is 7.41. The van der Waals surface area contributed by atoms with Gasteiger partial charge in [-0.3, -0.25) is 20.4 Å². The Hall–Kier alpha value is -0.890. The molecule has 0 aliphatic carbocycles. The Morgan fingerprint density at radius 2 is 1.69 bits per heavy atom. The molecule has 0 aromatic heterocycles. The van der Waals surface area contributed by atoms with Crippen molar-refractivity contribution in [2.24, 2.45) is 17.8 Å². The zero-order chi connectivity index (χ0) is 19.0. The van der Waals surface area contributed by atoms with Gasteiger partial charge in [-0.1, -0.05) is 39.3 Å². The number of carboxylic acid groups (broad SMARTS) is 1. The molecular formula is C18H24BrN2NaO4. The Morgan fingerprint density at radius 1 is 1.08 bits per heavy atom. The maximum atomic E-state index is 12.0. The van der Waals surface area contributed by atoms with E-state index in [-0.39, 0.29) is 41.9 Å². The van der Waals surface area contributed by atoms with Crippen LogP contribution in [-0.4, -0.2) is 17.8 Å². The molecule has 26 heavy (non-hydrogen) atoms. The van der Waals surface area contributed by atoms with Gasteiger partial charge >= 0.3 is 29.6 Å². The molecule has 2 amide bonds. The summed E-state index contributed by atoms with van der Waals surface area (Å²) in [5.74, 6) is -2.73. The van der Waals surface area contributed by atoms with Crippen LogP contribution in [0.4, 0.5) is 0 Å². The Morgan fingerprint density at radius 3 is 2.23 bits per heavy atom. The first-order valence-electron chi connectivity index (χ1n) is 8.27. The van der Waals surface area contributed by atoms with Crippen LogP contribution in [0, 0.1) is 17.8 Å². The van der Waals surface area contributed by atoms with E-state index in [1.165, 1.54) is 0 Å². The van der Waals surface area contributed by atoms with Gasteiger partial charge in [-0.2, -0.15) is 0 Å². The zero-order valence-corrected chi connectivity index (χ0v) is 19.3. The van der Waals surface area contributed by atoms with E-state index >= 15 is 0 Å². The van der Waals surface area contributed by atoms with Crippen LogP contribution >= 0.6 is 15.9 Å². The predicted molar refractivity (Wildman–Crippen MR) is 96.1 cm³/mol. The maximum Gasteiger partial charge on any atom is 1.00 e. The van der Waals surface area contributed by atoms with E-state index in [0.29, 0.717) is 22.4 Å². The predicted octanol–water partition coefficient (Wildman–Crippen LogP) is -0.957. The smallest absolute Gasteiger partial charge is 0.550 e. The summed E-state index contributed by atoms with van der Waals surface area (Å²) in [5, 5.41) is 11.3. The number of carbonyl (C=O) groups excluding carboxylic acids is 3. The minimum atomic E-state index is -1.14. The van der Waals surface area contributed by atoms with Crippen LogP contribution in [0.5, 0.6) is 0 Å². The third kappa shape index (κ3) is 8.66. The molecule has 0 saturated heterocycles. The molecule has 2 unspecified atom stereocenters. The minimum absolute atomic E-state index is 0. The summed E-state index contributed by atoms with van der Waals surface area (Å²) in [7, 11) is 0. The normalized spacial score (nSPS) is 12.7. The van der Waals surface area contributed by atoms with Crippen molar-refractivity contribution < 1.29 is 49.0 Å². The van der Waals surface area contributed by atoms with Crippen molar-refractivity contribution >= 4 is 33.7 Å². The van der Waals surface area contributed by atoms with E-state index in [2.05, 4.69) is 26.8 Å². The number of carboxylic acids is 1. The molecule has 2 N–H and O–H groups in total. The molecule has 0 aliphatic heterocycles. The van der Waals surface area contributed by atoms with Crippen molar-refractivity contribution in [3.63, 3.8) is 0 Å². The fraction of sp³-hybridized carbons (Fsp3) is 0.500. The molecule has 0 heterocycles. The third-order valence-electron chi connectivity index (χ3n) is 3.99. The number of aliphatic carboxylic acids is 1. The van der Waals surface area contributed by atoms with E-state index in [4.69, 9.17) is 0 Å². The van der Waals surface area contributed by atoms with E-state index in [0.717, 1.165) is 6.42 Å². The van der Waals surface area contributed by atoms with Gasteiger partial charge < -0.3 is 9.90 Å². The molecule has 0 spiro atoms. The van der Waals surface area contributed by atoms with Crippen LogP contribution < -0.4 is 45.5 Å². The Labute approximate surface area is 184 Å². The number of carbonyl (C=O) groups is 3. The van der Waals surface area contributed by atoms with Crippen LogP contribution in [-0.2, 0) is 9.59 Å². The molecule has 0 radical (unpaired) electrons. The number of hydrazine groups is 1. The summed E-state index contributed by atoms with van der Waals surface area (Å²) in [4.78, 5) is 35.3. The molecular weight excluding hydrogens is 411 g/mol. The molecule has 8 heteroatoms. The van der Waals surface area contributed by atoms with Gasteiger partial charge in [0.2, 0.25) is 5.91 Å². The van der Waals surface area contributed by atoms with Gasteiger partial charge in [0.15, 0.2) is 0 Å². The number of hydrogen-bond acceptors (Lipinski definition) is 4. The second kappa shape index (κ2) is 12.5. The van der Waals surface area contributed by atoms with Crippen LogP contribution in [0.3, 0.4) is 0 Å². The van der Waals surface area contributed by atoms with Gasteiger partial charge in [0.1, 0.15) is 0 Å². The molecule has 1 aromatic carbocycles. The van der Waals surface area contributed by atoms with Crippen molar-refractivity contribution in [3.8, 4) is 0 Å². The van der Waals surface area contributed by atoms with Crippen LogP contribution in [0.1, 0.15) is 50.4 Å². The first-order valence-corrected chi connectivity index (χ1v) is 9.06. The first kappa shape index (κ1) is 25.1. The van der Waals surface area contributed by atoms with Crippen LogP contribution in [0.25, 0.3) is 0 Å². The van der Waals surface area contributed by atoms with Crippen molar-refractivity contribution in [2.45, 2.75) is 40.0 Å². The van der Waals surface area contributed by atoms with E-state index in [1.54, 1.807) is 31.2 Å². The third-order valence-corrected chi connectivity index (χ3v) is 4.68. The molecule has 138 valence electrons. The van der Waals surface area contributed by atoms with Crippen LogP contribution in [0.2, 0.25) is 0 Å². The quantitative estimate of drug-likeness (QED) is 0.406. The van der Waals surface area contributed by atoms with Gasteiger partial charge in [-0.05, 0) is 46.3 Å². The topological polar surface area (TPSA) is 98.3 Å². The number of hydrogen-bond donors (Lipinski definition) is 2. The number of benzene rings is 1. The van der Waals surface area contributed by atoms with E-state index in [9.17, 15) is 19.5 Å². The van der Waals surface area contributed by atoms with E-state index in [1.807, 2.05) is 13.8 Å². The Kier molecular flexibility index (Phi) is 12.1.